The Morgan fingerprint density at radius 1 is 1.25 bits per heavy atom. The van der Waals surface area contributed by atoms with Gasteiger partial charge in [-0.3, -0.25) is 0 Å². The molecule has 0 aliphatic carbocycles. The maximum Gasteiger partial charge on any atom is 0.152 e. The second-order valence-corrected chi connectivity index (χ2v) is 7.70. The molecule has 1 aromatic rings. The van der Waals surface area contributed by atoms with Gasteiger partial charge < -0.3 is 10.2 Å². The summed E-state index contributed by atoms with van der Waals surface area (Å²) in [4.78, 5) is 2.21. The molecular weight excluding hydrogens is 272 g/mol. The van der Waals surface area contributed by atoms with E-state index in [1.54, 1.807) is 0 Å². The molecule has 1 fully saturated rings. The van der Waals surface area contributed by atoms with Crippen molar-refractivity contribution in [2.75, 3.05) is 36.0 Å². The molecule has 1 aromatic carbocycles. The SMILES string of the molecule is CCNCc1ccc(N2CCCS(=O)(=O)CC2)c(C)c1. The topological polar surface area (TPSA) is 49.4 Å². The van der Waals surface area contributed by atoms with Gasteiger partial charge in [-0.15, -0.1) is 0 Å². The average Bonchev–Trinajstić information content (AvgIpc) is 2.58. The number of aryl methyl sites for hydroxylation is 1. The molecule has 1 aliphatic rings. The van der Waals surface area contributed by atoms with E-state index in [0.29, 0.717) is 12.3 Å². The summed E-state index contributed by atoms with van der Waals surface area (Å²) < 4.78 is 23.3. The molecule has 4 nitrogen and oxygen atoms in total. The van der Waals surface area contributed by atoms with Crippen LogP contribution in [0.5, 0.6) is 0 Å². The fourth-order valence-electron chi connectivity index (χ4n) is 2.63. The van der Waals surface area contributed by atoms with Crippen LogP contribution in [0.4, 0.5) is 5.69 Å². The Morgan fingerprint density at radius 3 is 2.75 bits per heavy atom. The Balaban J connectivity index is 2.12. The van der Waals surface area contributed by atoms with Gasteiger partial charge in [-0.2, -0.15) is 0 Å². The van der Waals surface area contributed by atoms with Gasteiger partial charge >= 0.3 is 0 Å². The number of nitrogens with zero attached hydrogens (tertiary/aromatic N) is 1. The Hall–Kier alpha value is -1.07. The zero-order valence-electron chi connectivity index (χ0n) is 12.4. The Bertz CT molecular complexity index is 555. The smallest absolute Gasteiger partial charge is 0.152 e. The quantitative estimate of drug-likeness (QED) is 0.919. The molecule has 0 atom stereocenters. The number of benzene rings is 1. The van der Waals surface area contributed by atoms with Gasteiger partial charge in [-0.1, -0.05) is 19.1 Å². The lowest BCUT2D eigenvalue weighted by molar-refractivity contribution is 0.597. The third-order valence-electron chi connectivity index (χ3n) is 3.74. The summed E-state index contributed by atoms with van der Waals surface area (Å²) in [5, 5.41) is 3.32. The molecule has 0 amide bonds. The van der Waals surface area contributed by atoms with E-state index in [1.807, 2.05) is 0 Å². The fourth-order valence-corrected chi connectivity index (χ4v) is 3.90. The van der Waals surface area contributed by atoms with Crippen molar-refractivity contribution >= 4 is 15.5 Å². The van der Waals surface area contributed by atoms with Crippen molar-refractivity contribution in [3.8, 4) is 0 Å². The van der Waals surface area contributed by atoms with Gasteiger partial charge in [0.15, 0.2) is 9.84 Å². The maximum absolute atomic E-state index is 11.7. The number of sulfone groups is 1. The van der Waals surface area contributed by atoms with E-state index in [1.165, 1.54) is 16.8 Å². The molecule has 1 saturated heterocycles. The van der Waals surface area contributed by atoms with Crippen molar-refractivity contribution in [2.45, 2.75) is 26.8 Å². The van der Waals surface area contributed by atoms with Crippen LogP contribution in [-0.4, -0.2) is 39.6 Å². The third kappa shape index (κ3) is 3.96. The minimum absolute atomic E-state index is 0.269. The van der Waals surface area contributed by atoms with Crippen LogP contribution in [-0.2, 0) is 16.4 Å². The zero-order valence-corrected chi connectivity index (χ0v) is 13.2. The summed E-state index contributed by atoms with van der Waals surface area (Å²) in [5.74, 6) is 0.590. The van der Waals surface area contributed by atoms with E-state index < -0.39 is 9.84 Å². The number of nitrogens with one attached hydrogen (secondary N) is 1. The van der Waals surface area contributed by atoms with Crippen LogP contribution in [0.1, 0.15) is 24.5 Å². The molecule has 0 radical (unpaired) electrons. The summed E-state index contributed by atoms with van der Waals surface area (Å²) in [6.07, 6.45) is 0.723. The molecular formula is C15H24N2O2S. The molecule has 1 aliphatic heterocycles. The first-order valence-corrected chi connectivity index (χ1v) is 9.09. The Morgan fingerprint density at radius 2 is 2.05 bits per heavy atom. The van der Waals surface area contributed by atoms with E-state index in [-0.39, 0.29) is 5.75 Å². The van der Waals surface area contributed by atoms with E-state index >= 15 is 0 Å². The molecule has 20 heavy (non-hydrogen) atoms. The predicted molar refractivity (Wildman–Crippen MR) is 84.0 cm³/mol. The van der Waals surface area contributed by atoms with E-state index in [0.717, 1.165) is 26.1 Å². The first-order valence-electron chi connectivity index (χ1n) is 7.27. The van der Waals surface area contributed by atoms with Crippen LogP contribution in [0, 0.1) is 6.92 Å². The van der Waals surface area contributed by atoms with Gasteiger partial charge in [0.05, 0.1) is 11.5 Å². The normalized spacial score (nSPS) is 18.8. The van der Waals surface area contributed by atoms with Crippen LogP contribution < -0.4 is 10.2 Å². The first-order chi connectivity index (χ1) is 9.52. The van der Waals surface area contributed by atoms with Crippen molar-refractivity contribution in [3.05, 3.63) is 29.3 Å². The molecule has 5 heteroatoms. The minimum Gasteiger partial charge on any atom is -0.370 e. The molecule has 2 rings (SSSR count). The van der Waals surface area contributed by atoms with Crippen LogP contribution in [0.3, 0.4) is 0 Å². The van der Waals surface area contributed by atoms with Gasteiger partial charge in [-0.05, 0) is 37.1 Å². The first kappa shape index (κ1) is 15.3. The summed E-state index contributed by atoms with van der Waals surface area (Å²) in [6.45, 7) is 7.47. The second kappa shape index (κ2) is 6.59. The van der Waals surface area contributed by atoms with Crippen molar-refractivity contribution in [3.63, 3.8) is 0 Å². The fraction of sp³-hybridized carbons (Fsp3) is 0.600. The molecule has 1 heterocycles. The summed E-state index contributed by atoms with van der Waals surface area (Å²) >= 11 is 0. The molecule has 0 unspecified atom stereocenters. The van der Waals surface area contributed by atoms with Crippen LogP contribution in [0.15, 0.2) is 18.2 Å². The Kier molecular flexibility index (Phi) is 5.05. The third-order valence-corrected chi connectivity index (χ3v) is 5.45. The van der Waals surface area contributed by atoms with Gasteiger partial charge in [-0.25, -0.2) is 8.42 Å². The number of hydrogen-bond acceptors (Lipinski definition) is 4. The molecule has 0 saturated carbocycles. The second-order valence-electron chi connectivity index (χ2n) is 5.39. The highest BCUT2D eigenvalue weighted by atomic mass is 32.2. The zero-order chi connectivity index (χ0) is 14.6. The predicted octanol–water partition coefficient (Wildman–Crippen LogP) is 1.73. The number of anilines is 1. The number of rotatable bonds is 4. The van der Waals surface area contributed by atoms with Crippen molar-refractivity contribution in [1.82, 2.24) is 5.32 Å². The van der Waals surface area contributed by atoms with Gasteiger partial charge in [0, 0.05) is 25.3 Å². The lowest BCUT2D eigenvalue weighted by Gasteiger charge is -2.24. The van der Waals surface area contributed by atoms with Crippen molar-refractivity contribution in [2.24, 2.45) is 0 Å². The monoisotopic (exact) mass is 296 g/mol. The van der Waals surface area contributed by atoms with E-state index in [4.69, 9.17) is 0 Å². The van der Waals surface area contributed by atoms with Gasteiger partial charge in [0.25, 0.3) is 0 Å². The largest absolute Gasteiger partial charge is 0.370 e. The summed E-state index contributed by atoms with van der Waals surface area (Å²) in [6, 6.07) is 6.45. The highest BCUT2D eigenvalue weighted by molar-refractivity contribution is 7.91. The van der Waals surface area contributed by atoms with Crippen LogP contribution in [0.25, 0.3) is 0 Å². The van der Waals surface area contributed by atoms with E-state index in [9.17, 15) is 8.42 Å². The summed E-state index contributed by atoms with van der Waals surface area (Å²) in [5.41, 5.74) is 3.66. The highest BCUT2D eigenvalue weighted by Crippen LogP contribution is 2.23. The summed E-state index contributed by atoms with van der Waals surface area (Å²) in [7, 11) is -2.84. The van der Waals surface area contributed by atoms with Crippen molar-refractivity contribution in [1.29, 1.82) is 0 Å². The van der Waals surface area contributed by atoms with Crippen LogP contribution in [0.2, 0.25) is 0 Å². The Labute approximate surface area is 122 Å². The lowest BCUT2D eigenvalue weighted by atomic mass is 10.1. The van der Waals surface area contributed by atoms with Crippen LogP contribution >= 0.6 is 0 Å². The number of hydrogen-bond donors (Lipinski definition) is 1. The molecule has 0 aromatic heterocycles. The molecule has 1 N–H and O–H groups in total. The van der Waals surface area contributed by atoms with Crippen molar-refractivity contribution < 1.29 is 8.42 Å². The van der Waals surface area contributed by atoms with Gasteiger partial charge in [0.2, 0.25) is 0 Å². The highest BCUT2D eigenvalue weighted by Gasteiger charge is 2.20. The maximum atomic E-state index is 11.7. The molecule has 112 valence electrons. The standard InChI is InChI=1S/C15H24N2O2S/c1-3-16-12-14-5-6-15(13(2)11-14)17-7-4-9-20(18,19)10-8-17/h5-6,11,16H,3-4,7-10,12H2,1-2H3. The molecule has 0 spiro atoms. The van der Waals surface area contributed by atoms with Gasteiger partial charge in [0.1, 0.15) is 0 Å². The molecule has 0 bridgehead atoms. The lowest BCUT2D eigenvalue weighted by Crippen LogP contribution is -2.27. The average molecular weight is 296 g/mol. The minimum atomic E-state index is -2.84. The van der Waals surface area contributed by atoms with E-state index in [2.05, 4.69) is 42.3 Å².